The predicted octanol–water partition coefficient (Wildman–Crippen LogP) is 4.50. The number of anilines is 2. The zero-order valence-corrected chi connectivity index (χ0v) is 19.0. The summed E-state index contributed by atoms with van der Waals surface area (Å²) in [5.41, 5.74) is 14.6. The van der Waals surface area contributed by atoms with Crippen LogP contribution in [0.4, 0.5) is 11.4 Å². The van der Waals surface area contributed by atoms with Gasteiger partial charge in [0.05, 0.1) is 11.7 Å². The number of hydrogen-bond acceptors (Lipinski definition) is 7. The van der Waals surface area contributed by atoms with E-state index in [2.05, 4.69) is 6.92 Å². The first-order chi connectivity index (χ1) is 15.9. The fraction of sp³-hybridized carbons (Fsp3) is 0.385. The first-order valence-electron chi connectivity index (χ1n) is 11.4. The standard InChI is InChI=1S/C26H32N2O5/c1-2-15-31-22-9-11-23(12-10-22)33-26(30)19-6-3-18(4-7-19)5-14-25(29)32-17-20-16-21(27)8-13-24(20)28/h3-8,13-14,16,22-23H,2,9-12,15,17,27-28H2,1H3. The molecule has 7 nitrogen and oxygen atoms in total. The molecule has 0 heterocycles. The van der Waals surface area contributed by atoms with Crippen LogP contribution >= 0.6 is 0 Å². The van der Waals surface area contributed by atoms with Gasteiger partial charge in [-0.25, -0.2) is 9.59 Å². The summed E-state index contributed by atoms with van der Waals surface area (Å²) in [6.07, 6.45) is 7.66. The Morgan fingerprint density at radius 3 is 2.39 bits per heavy atom. The molecule has 33 heavy (non-hydrogen) atoms. The Morgan fingerprint density at radius 2 is 1.70 bits per heavy atom. The third-order valence-corrected chi connectivity index (χ3v) is 5.55. The molecule has 0 saturated heterocycles. The van der Waals surface area contributed by atoms with Crippen molar-refractivity contribution in [2.45, 2.75) is 57.8 Å². The molecule has 2 aromatic carbocycles. The third kappa shape index (κ3) is 7.64. The van der Waals surface area contributed by atoms with Gasteiger partial charge in [-0.1, -0.05) is 19.1 Å². The Balaban J connectivity index is 1.44. The number of esters is 2. The molecule has 1 aliphatic rings. The van der Waals surface area contributed by atoms with Crippen molar-refractivity contribution in [1.82, 2.24) is 0 Å². The lowest BCUT2D eigenvalue weighted by Gasteiger charge is -2.28. The van der Waals surface area contributed by atoms with Crippen LogP contribution in [0.3, 0.4) is 0 Å². The van der Waals surface area contributed by atoms with Gasteiger partial charge in [0.25, 0.3) is 0 Å². The van der Waals surface area contributed by atoms with Crippen molar-refractivity contribution in [1.29, 1.82) is 0 Å². The van der Waals surface area contributed by atoms with E-state index in [1.807, 2.05) is 0 Å². The number of carbonyl (C=O) groups excluding carboxylic acids is 2. The molecule has 1 aliphatic carbocycles. The quantitative estimate of drug-likeness (QED) is 0.327. The highest BCUT2D eigenvalue weighted by molar-refractivity contribution is 5.90. The number of rotatable bonds is 9. The number of ether oxygens (including phenoxy) is 3. The molecular weight excluding hydrogens is 420 g/mol. The molecule has 0 atom stereocenters. The summed E-state index contributed by atoms with van der Waals surface area (Å²) in [5.74, 6) is -0.832. The summed E-state index contributed by atoms with van der Waals surface area (Å²) < 4.78 is 16.7. The molecule has 4 N–H and O–H groups in total. The molecule has 0 radical (unpaired) electrons. The van der Waals surface area contributed by atoms with Gasteiger partial charge in [-0.3, -0.25) is 0 Å². The van der Waals surface area contributed by atoms with Crippen LogP contribution in [0.15, 0.2) is 48.5 Å². The van der Waals surface area contributed by atoms with Gasteiger partial charge in [0.2, 0.25) is 0 Å². The SMILES string of the molecule is CCCOC1CCC(OC(=O)c2ccc(C=CC(=O)OCc3cc(N)ccc3N)cc2)CC1. The van der Waals surface area contributed by atoms with Crippen LogP contribution in [0.1, 0.15) is 60.5 Å². The summed E-state index contributed by atoms with van der Waals surface area (Å²) in [7, 11) is 0. The molecule has 3 rings (SSSR count). The average molecular weight is 453 g/mol. The van der Waals surface area contributed by atoms with E-state index in [0.29, 0.717) is 22.5 Å². The topological polar surface area (TPSA) is 114 Å². The Morgan fingerprint density at radius 1 is 1.00 bits per heavy atom. The van der Waals surface area contributed by atoms with Crippen molar-refractivity contribution in [3.63, 3.8) is 0 Å². The molecule has 0 spiro atoms. The fourth-order valence-corrected chi connectivity index (χ4v) is 3.66. The second-order valence-corrected chi connectivity index (χ2v) is 8.20. The Labute approximate surface area is 194 Å². The molecule has 1 saturated carbocycles. The number of nitrogen functional groups attached to an aromatic ring is 2. The van der Waals surface area contributed by atoms with Crippen LogP contribution in [0.25, 0.3) is 6.08 Å². The average Bonchev–Trinajstić information content (AvgIpc) is 2.83. The molecule has 7 heteroatoms. The number of nitrogens with two attached hydrogens (primary N) is 2. The molecule has 2 aromatic rings. The zero-order chi connectivity index (χ0) is 23.6. The van der Waals surface area contributed by atoms with Crippen molar-refractivity contribution in [3.8, 4) is 0 Å². The van der Waals surface area contributed by atoms with E-state index in [4.69, 9.17) is 25.7 Å². The molecule has 0 aromatic heterocycles. The van der Waals surface area contributed by atoms with Gasteiger partial charge in [0, 0.05) is 29.6 Å². The summed E-state index contributed by atoms with van der Waals surface area (Å²) in [6.45, 7) is 2.92. The first-order valence-corrected chi connectivity index (χ1v) is 11.4. The van der Waals surface area contributed by atoms with E-state index in [-0.39, 0.29) is 24.8 Å². The highest BCUT2D eigenvalue weighted by Gasteiger charge is 2.24. The molecule has 0 aliphatic heterocycles. The van der Waals surface area contributed by atoms with Crippen LogP contribution < -0.4 is 11.5 Å². The second kappa shape index (κ2) is 12.1. The summed E-state index contributed by atoms with van der Waals surface area (Å²) in [6, 6.07) is 11.9. The highest BCUT2D eigenvalue weighted by Crippen LogP contribution is 2.24. The van der Waals surface area contributed by atoms with E-state index in [9.17, 15) is 9.59 Å². The van der Waals surface area contributed by atoms with Crippen LogP contribution in [-0.4, -0.2) is 30.8 Å². The van der Waals surface area contributed by atoms with Crippen molar-refractivity contribution >= 4 is 29.4 Å². The molecule has 0 unspecified atom stereocenters. The Bertz CT molecular complexity index is 963. The van der Waals surface area contributed by atoms with Gasteiger partial charge < -0.3 is 25.7 Å². The van der Waals surface area contributed by atoms with Gasteiger partial charge in [-0.15, -0.1) is 0 Å². The lowest BCUT2D eigenvalue weighted by Crippen LogP contribution is -2.28. The van der Waals surface area contributed by atoms with E-state index in [0.717, 1.165) is 44.3 Å². The number of benzene rings is 2. The van der Waals surface area contributed by atoms with Gasteiger partial charge in [0.15, 0.2) is 0 Å². The monoisotopic (exact) mass is 452 g/mol. The van der Waals surface area contributed by atoms with E-state index < -0.39 is 5.97 Å². The highest BCUT2D eigenvalue weighted by atomic mass is 16.5. The summed E-state index contributed by atoms with van der Waals surface area (Å²) in [5, 5.41) is 0. The Kier molecular flexibility index (Phi) is 8.89. The van der Waals surface area contributed by atoms with Crippen molar-refractivity contribution < 1.29 is 23.8 Å². The van der Waals surface area contributed by atoms with Crippen LogP contribution in [-0.2, 0) is 25.6 Å². The normalized spacial score (nSPS) is 18.2. The maximum Gasteiger partial charge on any atom is 0.338 e. The minimum absolute atomic E-state index is 0.0392. The van der Waals surface area contributed by atoms with E-state index >= 15 is 0 Å². The number of hydrogen-bond donors (Lipinski definition) is 2. The van der Waals surface area contributed by atoms with Crippen LogP contribution in [0.2, 0.25) is 0 Å². The third-order valence-electron chi connectivity index (χ3n) is 5.55. The van der Waals surface area contributed by atoms with Crippen molar-refractivity contribution in [3.05, 3.63) is 65.2 Å². The molecule has 0 bridgehead atoms. The Hall–Kier alpha value is -3.32. The van der Waals surface area contributed by atoms with Gasteiger partial charge in [0.1, 0.15) is 12.7 Å². The van der Waals surface area contributed by atoms with Gasteiger partial charge in [-0.05, 0) is 74.1 Å². The van der Waals surface area contributed by atoms with E-state index in [1.165, 1.54) is 6.08 Å². The second-order valence-electron chi connectivity index (χ2n) is 8.20. The maximum absolute atomic E-state index is 12.5. The first kappa shape index (κ1) is 24.3. The smallest absolute Gasteiger partial charge is 0.338 e. The maximum atomic E-state index is 12.5. The fourth-order valence-electron chi connectivity index (χ4n) is 3.66. The molecule has 0 amide bonds. The lowest BCUT2D eigenvalue weighted by molar-refractivity contribution is -0.138. The van der Waals surface area contributed by atoms with Crippen molar-refractivity contribution in [2.24, 2.45) is 0 Å². The van der Waals surface area contributed by atoms with E-state index in [1.54, 1.807) is 48.5 Å². The molecular formula is C26H32N2O5. The van der Waals surface area contributed by atoms with Gasteiger partial charge in [-0.2, -0.15) is 0 Å². The molecule has 176 valence electrons. The summed E-state index contributed by atoms with van der Waals surface area (Å²) >= 11 is 0. The number of carbonyl (C=O) groups is 2. The summed E-state index contributed by atoms with van der Waals surface area (Å²) in [4.78, 5) is 24.5. The lowest BCUT2D eigenvalue weighted by atomic mass is 9.95. The minimum atomic E-state index is -0.501. The minimum Gasteiger partial charge on any atom is -0.459 e. The molecule has 1 fully saturated rings. The van der Waals surface area contributed by atoms with Crippen molar-refractivity contribution in [2.75, 3.05) is 18.1 Å². The largest absolute Gasteiger partial charge is 0.459 e. The van der Waals surface area contributed by atoms with Crippen LogP contribution in [0.5, 0.6) is 0 Å². The predicted molar refractivity (Wildman–Crippen MR) is 128 cm³/mol. The van der Waals surface area contributed by atoms with Gasteiger partial charge >= 0.3 is 11.9 Å². The van der Waals surface area contributed by atoms with Crippen LogP contribution in [0, 0.1) is 0 Å². The zero-order valence-electron chi connectivity index (χ0n) is 19.0.